The van der Waals surface area contributed by atoms with Gasteiger partial charge in [0.05, 0.1) is 44.4 Å². The molecule has 0 fully saturated rings. The van der Waals surface area contributed by atoms with E-state index in [1.165, 1.54) is 12.3 Å². The minimum Gasteiger partial charge on any atom is -0.458 e. The first-order chi connectivity index (χ1) is 31.2. The van der Waals surface area contributed by atoms with Crippen LogP contribution in [0.5, 0.6) is 11.5 Å². The van der Waals surface area contributed by atoms with E-state index in [4.69, 9.17) is 14.3 Å². The lowest BCUT2D eigenvalue weighted by Gasteiger charge is -2.15. The van der Waals surface area contributed by atoms with Crippen molar-refractivity contribution in [3.05, 3.63) is 188 Å². The zero-order valence-corrected chi connectivity index (χ0v) is 28.3. The van der Waals surface area contributed by atoms with Gasteiger partial charge in [-0.15, -0.1) is 0 Å². The van der Waals surface area contributed by atoms with Crippen molar-refractivity contribution in [1.82, 2.24) is 14.1 Å². The van der Waals surface area contributed by atoms with E-state index in [1.54, 1.807) is 34.9 Å². The van der Waals surface area contributed by atoms with Crippen LogP contribution in [0.15, 0.2) is 176 Å². The van der Waals surface area contributed by atoms with Crippen molar-refractivity contribution in [1.29, 1.82) is 0 Å². The molecule has 0 unspecified atom stereocenters. The Morgan fingerprint density at radius 3 is 2.15 bits per heavy atom. The molecule has 4 heterocycles. The molecule has 3 aromatic heterocycles. The summed E-state index contributed by atoms with van der Waals surface area (Å²) in [6.45, 7) is -2.32. The van der Waals surface area contributed by atoms with Crippen LogP contribution in [-0.4, -0.2) is 14.1 Å². The Hall–Kier alpha value is -7.24. The molecule has 0 saturated carbocycles. The Balaban J connectivity index is 1.11. The number of aryl methyl sites for hydroxylation is 1. The van der Waals surface area contributed by atoms with Crippen molar-refractivity contribution < 1.29 is 24.4 Å². The topological polar surface area (TPSA) is 35.9 Å². The molecular formula is C49H32N4O. The van der Waals surface area contributed by atoms with Crippen LogP contribution in [0.1, 0.15) is 20.6 Å². The highest BCUT2D eigenvalue weighted by Gasteiger charge is 2.24. The third-order valence-corrected chi connectivity index (χ3v) is 9.92. The van der Waals surface area contributed by atoms with E-state index in [0.29, 0.717) is 50.9 Å². The van der Waals surface area contributed by atoms with Crippen LogP contribution in [0.2, 0.25) is 0 Å². The smallest absolute Gasteiger partial charge is 0.269 e. The van der Waals surface area contributed by atoms with Crippen LogP contribution >= 0.6 is 0 Å². The van der Waals surface area contributed by atoms with Crippen LogP contribution in [0.25, 0.3) is 83.4 Å². The summed E-state index contributed by atoms with van der Waals surface area (Å²) >= 11 is 0. The van der Waals surface area contributed by atoms with E-state index in [-0.39, 0.29) is 39.9 Å². The molecule has 254 valence electrons. The lowest BCUT2D eigenvalue weighted by atomic mass is 9.89. The van der Waals surface area contributed by atoms with E-state index in [1.807, 2.05) is 94.1 Å². The summed E-state index contributed by atoms with van der Waals surface area (Å²) in [5, 5.41) is 1.89. The lowest BCUT2D eigenvalue weighted by Crippen LogP contribution is -2.30. The van der Waals surface area contributed by atoms with Gasteiger partial charge >= 0.3 is 0 Å². The lowest BCUT2D eigenvalue weighted by molar-refractivity contribution is -0.571. The first-order valence-corrected chi connectivity index (χ1v) is 17.3. The molecule has 0 spiro atoms. The van der Waals surface area contributed by atoms with Crippen LogP contribution in [0, 0.1) is 13.2 Å². The molecule has 0 saturated heterocycles. The number of nitrogens with zero attached hydrogens (tertiary/aromatic N) is 4. The third kappa shape index (κ3) is 4.65. The fourth-order valence-corrected chi connectivity index (χ4v) is 7.63. The summed E-state index contributed by atoms with van der Waals surface area (Å²) in [5.41, 5.74) is 5.01. The summed E-state index contributed by atoms with van der Waals surface area (Å²) < 4.78 is 108. The van der Waals surface area contributed by atoms with Crippen molar-refractivity contribution in [3.63, 3.8) is 0 Å². The summed E-state index contributed by atoms with van der Waals surface area (Å²) in [6.07, 6.45) is 5.00. The minimum atomic E-state index is -2.32. The maximum absolute atomic E-state index is 9.31. The first-order valence-electron chi connectivity index (χ1n) is 22.8. The molecule has 54 heavy (non-hydrogen) atoms. The molecule has 1 aliphatic heterocycles. The number of hydrogen-bond acceptors (Lipinski definition) is 2. The molecule has 0 atom stereocenters. The standard InChI is InChI=1S/C49H32N4O/c1-32-26-27-50-48(28-32)53-45-22-9-7-19-41(45)42-25-24-35(30-47(42)53)54-34-13-10-12-33(29-34)51-31-52-44-21-8-6-18-40(44)38-16-4-2-14-36(38)37-15-3-5-17-39(37)43-20-11-23-46(51)49(43)52/h2-30H,1H3/i1D3,2D,3D,4D,5D,14D,15D,16D,17D. The van der Waals surface area contributed by atoms with Crippen molar-refractivity contribution >= 4 is 32.8 Å². The number of fused-ring (bicyclic) bond motifs is 10. The zero-order valence-electron chi connectivity index (χ0n) is 39.3. The highest BCUT2D eigenvalue weighted by atomic mass is 16.5. The molecule has 7 aromatic carbocycles. The van der Waals surface area contributed by atoms with Crippen LogP contribution in [0.3, 0.4) is 0 Å². The van der Waals surface area contributed by atoms with Gasteiger partial charge in [-0.2, -0.15) is 0 Å². The summed E-state index contributed by atoms with van der Waals surface area (Å²) in [4.78, 5) is 4.58. The number of pyridine rings is 1. The van der Waals surface area contributed by atoms with E-state index < -0.39 is 43.1 Å². The Bertz CT molecular complexity index is 3690. The van der Waals surface area contributed by atoms with Gasteiger partial charge in [0.15, 0.2) is 0 Å². The molecule has 1 aliphatic rings. The van der Waals surface area contributed by atoms with E-state index in [0.717, 1.165) is 21.8 Å². The van der Waals surface area contributed by atoms with Gasteiger partial charge in [0.25, 0.3) is 6.33 Å². The monoisotopic (exact) mass is 703 g/mol. The van der Waals surface area contributed by atoms with Gasteiger partial charge in [0.1, 0.15) is 17.3 Å². The maximum atomic E-state index is 9.31. The Labute approximate surface area is 327 Å². The first kappa shape index (κ1) is 21.3. The predicted molar refractivity (Wildman–Crippen MR) is 217 cm³/mol. The average molecular weight is 704 g/mol. The number of imidazole rings is 1. The normalized spacial score (nSPS) is 14.9. The molecular weight excluding hydrogens is 661 g/mol. The fourth-order valence-electron chi connectivity index (χ4n) is 7.63. The molecule has 11 rings (SSSR count). The van der Waals surface area contributed by atoms with Gasteiger partial charge in [-0.1, -0.05) is 109 Å². The predicted octanol–water partition coefficient (Wildman–Crippen LogP) is 11.6. The van der Waals surface area contributed by atoms with Gasteiger partial charge in [0, 0.05) is 27.1 Å². The van der Waals surface area contributed by atoms with Gasteiger partial charge in [0.2, 0.25) is 0 Å². The van der Waals surface area contributed by atoms with Gasteiger partial charge < -0.3 is 4.74 Å². The zero-order chi connectivity index (χ0) is 45.2. The molecule has 0 N–H and O–H groups in total. The number of aromatic nitrogens is 4. The van der Waals surface area contributed by atoms with Crippen LogP contribution in [-0.2, 0) is 0 Å². The molecule has 0 aliphatic carbocycles. The van der Waals surface area contributed by atoms with Crippen LogP contribution in [0.4, 0.5) is 0 Å². The van der Waals surface area contributed by atoms with Crippen molar-refractivity contribution in [2.24, 2.45) is 0 Å². The van der Waals surface area contributed by atoms with Crippen molar-refractivity contribution in [3.8, 4) is 62.1 Å². The average Bonchev–Trinajstić information content (AvgIpc) is 3.87. The third-order valence-electron chi connectivity index (χ3n) is 9.92. The fraction of sp³-hybridized carbons (Fsp3) is 0.0204. The van der Waals surface area contributed by atoms with Crippen molar-refractivity contribution in [2.75, 3.05) is 0 Å². The number of para-hydroxylation sites is 3. The van der Waals surface area contributed by atoms with Crippen LogP contribution < -0.4 is 9.30 Å². The molecule has 0 bridgehead atoms. The Morgan fingerprint density at radius 1 is 0.611 bits per heavy atom. The summed E-state index contributed by atoms with van der Waals surface area (Å²) in [6, 6.07) is 33.0. The molecule has 5 nitrogen and oxygen atoms in total. The molecule has 10 aromatic rings. The van der Waals surface area contributed by atoms with Gasteiger partial charge in [-0.3, -0.25) is 13.7 Å². The van der Waals surface area contributed by atoms with E-state index >= 15 is 0 Å². The highest BCUT2D eigenvalue weighted by Crippen LogP contribution is 2.43. The summed E-state index contributed by atoms with van der Waals surface area (Å²) in [7, 11) is 0. The number of benzene rings is 7. The number of ether oxygens (including phenoxy) is 1. The van der Waals surface area contributed by atoms with Gasteiger partial charge in [-0.05, 0) is 100 Å². The second kappa shape index (κ2) is 11.9. The second-order valence-corrected chi connectivity index (χ2v) is 13.0. The molecule has 0 amide bonds. The number of hydrogen-bond donors (Lipinski definition) is 0. The molecule has 0 radical (unpaired) electrons. The summed E-state index contributed by atoms with van der Waals surface area (Å²) in [5.74, 6) is 1.44. The van der Waals surface area contributed by atoms with E-state index in [9.17, 15) is 5.48 Å². The second-order valence-electron chi connectivity index (χ2n) is 13.0. The number of rotatable bonds is 4. The quantitative estimate of drug-likeness (QED) is 0.135. The maximum Gasteiger partial charge on any atom is 0.269 e. The highest BCUT2D eigenvalue weighted by molar-refractivity contribution is 6.09. The SMILES string of the molecule is [2H]c1c([2H])c([2H])c2c(c1[2H])-c1ccccc1-[n+]1[c-]n(-c3cccc(Oc4ccc5c6ccccc6n(-c6cc(C([2H])([2H])[2H])ccn6)c5c4)c3)c3cccc(c31)-c1c([2H])c([2H])c([2H])c([2H])c1-2. The Morgan fingerprint density at radius 2 is 1.30 bits per heavy atom. The van der Waals surface area contributed by atoms with E-state index in [2.05, 4.69) is 11.3 Å². The Kier molecular flexibility index (Phi) is 4.70. The molecule has 5 heteroatoms. The van der Waals surface area contributed by atoms with Gasteiger partial charge in [-0.25, -0.2) is 4.98 Å². The van der Waals surface area contributed by atoms with Crippen molar-refractivity contribution in [2.45, 2.75) is 6.85 Å². The largest absolute Gasteiger partial charge is 0.458 e. The minimum absolute atomic E-state index is 0.0233.